The summed E-state index contributed by atoms with van der Waals surface area (Å²) in [6.45, 7) is 1.85. The molecule has 0 saturated heterocycles. The Hall–Kier alpha value is -0.970. The topological polar surface area (TPSA) is 32.7 Å². The van der Waals surface area contributed by atoms with E-state index in [2.05, 4.69) is 0 Å². The molecular weight excluding hydrogens is 173 g/mol. The molecule has 1 N–H and O–H groups in total. The van der Waals surface area contributed by atoms with Gasteiger partial charge in [0.15, 0.2) is 0 Å². The molecule has 0 fully saturated rings. The molecule has 13 heavy (non-hydrogen) atoms. The largest absolute Gasteiger partial charge is 0.290 e. The summed E-state index contributed by atoms with van der Waals surface area (Å²) in [5.41, 5.74) is 1.28. The van der Waals surface area contributed by atoms with Gasteiger partial charge < -0.3 is 0 Å². The van der Waals surface area contributed by atoms with Crippen molar-refractivity contribution < 1.29 is 14.4 Å². The highest BCUT2D eigenvalue weighted by Crippen LogP contribution is 2.09. The third-order valence-corrected chi connectivity index (χ3v) is 1.65. The van der Waals surface area contributed by atoms with Crippen molar-refractivity contribution in [2.24, 2.45) is 0 Å². The van der Waals surface area contributed by atoms with Gasteiger partial charge in [0, 0.05) is 7.05 Å². The summed E-state index contributed by atoms with van der Waals surface area (Å²) in [7, 11) is 1.35. The standard InChI is InChI=1S/C9H12FNO2/c1-7-3-4-8(5-9(7)10)6-13-11(2)12/h3-5,12H,6H2,1-2H3. The smallest absolute Gasteiger partial charge is 0.126 e. The van der Waals surface area contributed by atoms with Gasteiger partial charge in [0.25, 0.3) is 0 Å². The zero-order valence-electron chi connectivity index (χ0n) is 7.62. The van der Waals surface area contributed by atoms with Crippen LogP contribution in [0.25, 0.3) is 0 Å². The van der Waals surface area contributed by atoms with E-state index < -0.39 is 0 Å². The molecule has 72 valence electrons. The van der Waals surface area contributed by atoms with E-state index in [9.17, 15) is 4.39 Å². The summed E-state index contributed by atoms with van der Waals surface area (Å²) < 4.78 is 13.0. The number of benzene rings is 1. The minimum atomic E-state index is -0.262. The fraction of sp³-hybridized carbons (Fsp3) is 0.333. The lowest BCUT2D eigenvalue weighted by Gasteiger charge is -2.08. The third-order valence-electron chi connectivity index (χ3n) is 1.65. The van der Waals surface area contributed by atoms with Crippen LogP contribution in [-0.2, 0) is 11.4 Å². The maximum absolute atomic E-state index is 13.0. The van der Waals surface area contributed by atoms with Gasteiger partial charge in [-0.25, -0.2) is 4.39 Å². The second kappa shape index (κ2) is 4.32. The molecule has 0 amide bonds. The molecule has 0 saturated carbocycles. The number of rotatable bonds is 3. The van der Waals surface area contributed by atoms with Crippen molar-refractivity contribution in [2.45, 2.75) is 13.5 Å². The van der Waals surface area contributed by atoms with Gasteiger partial charge in [0.1, 0.15) is 5.82 Å². The molecule has 3 nitrogen and oxygen atoms in total. The van der Waals surface area contributed by atoms with Gasteiger partial charge in [0.05, 0.1) is 6.61 Å². The van der Waals surface area contributed by atoms with Gasteiger partial charge in [-0.05, 0) is 24.1 Å². The van der Waals surface area contributed by atoms with Crippen LogP contribution in [0.2, 0.25) is 0 Å². The molecule has 0 aliphatic heterocycles. The number of hydrogen-bond donors (Lipinski definition) is 1. The van der Waals surface area contributed by atoms with E-state index in [4.69, 9.17) is 10.0 Å². The van der Waals surface area contributed by atoms with E-state index in [1.54, 1.807) is 19.1 Å². The van der Waals surface area contributed by atoms with Crippen molar-refractivity contribution >= 4 is 0 Å². The maximum atomic E-state index is 13.0. The summed E-state index contributed by atoms with van der Waals surface area (Å²) in [4.78, 5) is 4.74. The first kappa shape index (κ1) is 10.1. The molecule has 0 aliphatic rings. The van der Waals surface area contributed by atoms with Gasteiger partial charge in [-0.2, -0.15) is 0 Å². The minimum absolute atomic E-state index is 0.157. The Morgan fingerprint density at radius 2 is 2.23 bits per heavy atom. The number of halogens is 1. The number of nitrogens with zero attached hydrogens (tertiary/aromatic N) is 1. The van der Waals surface area contributed by atoms with E-state index in [0.717, 1.165) is 0 Å². The van der Waals surface area contributed by atoms with Crippen molar-refractivity contribution in [1.82, 2.24) is 5.23 Å². The molecule has 4 heteroatoms. The SMILES string of the molecule is Cc1ccc(CON(C)O)cc1F. The molecule has 0 unspecified atom stereocenters. The van der Waals surface area contributed by atoms with Crippen LogP contribution in [0.4, 0.5) is 4.39 Å². The average Bonchev–Trinajstić information content (AvgIpc) is 2.07. The molecule has 0 heterocycles. The first-order valence-electron chi connectivity index (χ1n) is 3.90. The molecule has 0 atom stereocenters. The van der Waals surface area contributed by atoms with Crippen molar-refractivity contribution in [1.29, 1.82) is 0 Å². The number of hydroxylamine groups is 2. The molecule has 0 spiro atoms. The van der Waals surface area contributed by atoms with Gasteiger partial charge in [-0.3, -0.25) is 10.0 Å². The van der Waals surface area contributed by atoms with Crippen LogP contribution in [0, 0.1) is 12.7 Å². The number of hydrogen-bond acceptors (Lipinski definition) is 3. The van der Waals surface area contributed by atoms with Crippen LogP contribution < -0.4 is 0 Å². The Balaban J connectivity index is 2.63. The predicted octanol–water partition coefficient (Wildman–Crippen LogP) is 1.89. The zero-order valence-corrected chi connectivity index (χ0v) is 7.62. The minimum Gasteiger partial charge on any atom is -0.290 e. The van der Waals surface area contributed by atoms with E-state index in [-0.39, 0.29) is 12.4 Å². The molecule has 0 bridgehead atoms. The first-order chi connectivity index (χ1) is 6.09. The summed E-state index contributed by atoms with van der Waals surface area (Å²) in [6.07, 6.45) is 0. The fourth-order valence-electron chi connectivity index (χ4n) is 0.894. The van der Waals surface area contributed by atoms with Gasteiger partial charge in [0.2, 0.25) is 0 Å². The van der Waals surface area contributed by atoms with Gasteiger partial charge >= 0.3 is 0 Å². The summed E-state index contributed by atoms with van der Waals surface area (Å²) in [5, 5.41) is 9.25. The highest BCUT2D eigenvalue weighted by Gasteiger charge is 2.00. The molecule has 0 aromatic heterocycles. The Morgan fingerprint density at radius 3 is 2.77 bits per heavy atom. The van der Waals surface area contributed by atoms with Crippen molar-refractivity contribution in [2.75, 3.05) is 7.05 Å². The average molecular weight is 185 g/mol. The van der Waals surface area contributed by atoms with Crippen LogP contribution in [0.3, 0.4) is 0 Å². The van der Waals surface area contributed by atoms with E-state index >= 15 is 0 Å². The molecule has 0 radical (unpaired) electrons. The third kappa shape index (κ3) is 3.10. The maximum Gasteiger partial charge on any atom is 0.126 e. The van der Waals surface area contributed by atoms with Crippen molar-refractivity contribution in [3.8, 4) is 0 Å². The van der Waals surface area contributed by atoms with Gasteiger partial charge in [-0.15, -0.1) is 0 Å². The number of aryl methyl sites for hydroxylation is 1. The van der Waals surface area contributed by atoms with E-state index in [1.807, 2.05) is 0 Å². The second-order valence-corrected chi connectivity index (χ2v) is 2.82. The van der Waals surface area contributed by atoms with Crippen LogP contribution in [0.5, 0.6) is 0 Å². The van der Waals surface area contributed by atoms with Crippen LogP contribution in [0.15, 0.2) is 18.2 Å². The molecule has 0 aliphatic carbocycles. The lowest BCUT2D eigenvalue weighted by molar-refractivity contribution is -0.330. The highest BCUT2D eigenvalue weighted by molar-refractivity contribution is 5.22. The van der Waals surface area contributed by atoms with E-state index in [1.165, 1.54) is 13.1 Å². The van der Waals surface area contributed by atoms with Crippen molar-refractivity contribution in [3.63, 3.8) is 0 Å². The Kier molecular flexibility index (Phi) is 3.36. The lowest BCUT2D eigenvalue weighted by Crippen LogP contribution is -2.12. The van der Waals surface area contributed by atoms with Crippen LogP contribution in [-0.4, -0.2) is 17.5 Å². The Labute approximate surface area is 76.3 Å². The summed E-state index contributed by atoms with van der Waals surface area (Å²) in [5.74, 6) is -0.262. The van der Waals surface area contributed by atoms with Crippen LogP contribution >= 0.6 is 0 Å². The van der Waals surface area contributed by atoms with E-state index in [0.29, 0.717) is 16.4 Å². The highest BCUT2D eigenvalue weighted by atomic mass is 19.1. The Morgan fingerprint density at radius 1 is 1.54 bits per heavy atom. The molecular formula is C9H12FNO2. The zero-order chi connectivity index (χ0) is 9.84. The molecule has 1 rings (SSSR count). The van der Waals surface area contributed by atoms with Gasteiger partial charge in [-0.1, -0.05) is 17.4 Å². The Bertz CT molecular complexity index is 289. The predicted molar refractivity (Wildman–Crippen MR) is 45.5 cm³/mol. The summed E-state index contributed by atoms with van der Waals surface area (Å²) >= 11 is 0. The second-order valence-electron chi connectivity index (χ2n) is 2.82. The van der Waals surface area contributed by atoms with Crippen molar-refractivity contribution in [3.05, 3.63) is 35.1 Å². The fourth-order valence-corrected chi connectivity index (χ4v) is 0.894. The monoisotopic (exact) mass is 185 g/mol. The normalized spacial score (nSPS) is 10.8. The molecule has 1 aromatic carbocycles. The quantitative estimate of drug-likeness (QED) is 0.730. The van der Waals surface area contributed by atoms with Crippen LogP contribution in [0.1, 0.15) is 11.1 Å². The lowest BCUT2D eigenvalue weighted by atomic mass is 10.1. The molecule has 1 aromatic rings. The summed E-state index contributed by atoms with van der Waals surface area (Å²) in [6, 6.07) is 4.81. The first-order valence-corrected chi connectivity index (χ1v) is 3.90.